The predicted octanol–water partition coefficient (Wildman–Crippen LogP) is 1.18. The van der Waals surface area contributed by atoms with Crippen LogP contribution in [-0.2, 0) is 11.3 Å². The fraction of sp³-hybridized carbons (Fsp3) is 0.524. The number of piperazine rings is 1. The third kappa shape index (κ3) is 5.79. The first-order chi connectivity index (χ1) is 14.4. The largest absolute Gasteiger partial charge is 0.490 e. The summed E-state index contributed by atoms with van der Waals surface area (Å²) in [6.45, 7) is 9.08. The Morgan fingerprint density at radius 3 is 2.62 bits per heavy atom. The van der Waals surface area contributed by atoms with Gasteiger partial charge in [-0.3, -0.25) is 4.90 Å². The summed E-state index contributed by atoms with van der Waals surface area (Å²) in [5.41, 5.74) is 1.25. The van der Waals surface area contributed by atoms with Crippen molar-refractivity contribution in [3.63, 3.8) is 0 Å². The minimum absolute atomic E-state index is 0.422. The van der Waals surface area contributed by atoms with Crippen molar-refractivity contribution in [2.24, 2.45) is 0 Å². The summed E-state index contributed by atoms with van der Waals surface area (Å²) in [6, 6.07) is 8.26. The van der Waals surface area contributed by atoms with Crippen LogP contribution in [0.15, 0.2) is 36.7 Å². The standard InChI is InChI=1S/C21H29N5O3/c1-2-18(17-25-10-12-27-13-11-25)16-19(3-1)28-14-15-29-21-20(23-4-5-24-21)26-8-6-22-7-9-26/h1-5,16,22H,6-15,17H2. The fourth-order valence-electron chi connectivity index (χ4n) is 3.56. The van der Waals surface area contributed by atoms with E-state index >= 15 is 0 Å². The van der Waals surface area contributed by atoms with E-state index in [0.717, 1.165) is 70.6 Å². The molecule has 2 aliphatic heterocycles. The maximum absolute atomic E-state index is 5.90. The summed E-state index contributed by atoms with van der Waals surface area (Å²) in [5, 5.41) is 3.34. The van der Waals surface area contributed by atoms with E-state index in [-0.39, 0.29) is 0 Å². The Bertz CT molecular complexity index is 763. The molecule has 4 rings (SSSR count). The zero-order chi connectivity index (χ0) is 19.7. The molecule has 0 amide bonds. The summed E-state index contributed by atoms with van der Waals surface area (Å²) >= 11 is 0. The number of hydrogen-bond acceptors (Lipinski definition) is 8. The molecule has 0 atom stereocenters. The Labute approximate surface area is 171 Å². The molecular formula is C21H29N5O3. The lowest BCUT2D eigenvalue weighted by molar-refractivity contribution is 0.0341. The molecule has 156 valence electrons. The van der Waals surface area contributed by atoms with E-state index in [4.69, 9.17) is 14.2 Å². The second kappa shape index (κ2) is 10.4. The first kappa shape index (κ1) is 19.9. The van der Waals surface area contributed by atoms with Gasteiger partial charge in [-0.05, 0) is 17.7 Å². The van der Waals surface area contributed by atoms with Crippen molar-refractivity contribution < 1.29 is 14.2 Å². The molecule has 2 saturated heterocycles. The van der Waals surface area contributed by atoms with Crippen molar-refractivity contribution in [3.8, 4) is 11.6 Å². The van der Waals surface area contributed by atoms with Crippen LogP contribution in [0.25, 0.3) is 0 Å². The van der Waals surface area contributed by atoms with Gasteiger partial charge in [0.2, 0.25) is 0 Å². The van der Waals surface area contributed by atoms with Crippen LogP contribution >= 0.6 is 0 Å². The first-order valence-corrected chi connectivity index (χ1v) is 10.3. The van der Waals surface area contributed by atoms with Crippen LogP contribution in [0.5, 0.6) is 11.6 Å². The summed E-state index contributed by atoms with van der Waals surface area (Å²) in [5.74, 6) is 2.24. The maximum Gasteiger partial charge on any atom is 0.257 e. The minimum Gasteiger partial charge on any atom is -0.490 e. The number of nitrogens with one attached hydrogen (secondary N) is 1. The van der Waals surface area contributed by atoms with Gasteiger partial charge in [0.1, 0.15) is 19.0 Å². The Morgan fingerprint density at radius 2 is 1.76 bits per heavy atom. The average Bonchev–Trinajstić information content (AvgIpc) is 2.79. The molecule has 0 bridgehead atoms. The molecule has 8 heteroatoms. The highest BCUT2D eigenvalue weighted by molar-refractivity contribution is 5.48. The third-order valence-electron chi connectivity index (χ3n) is 5.06. The van der Waals surface area contributed by atoms with Gasteiger partial charge in [0.15, 0.2) is 5.82 Å². The molecule has 2 fully saturated rings. The van der Waals surface area contributed by atoms with Crippen molar-refractivity contribution >= 4 is 5.82 Å². The van der Waals surface area contributed by atoms with Crippen molar-refractivity contribution in [1.82, 2.24) is 20.2 Å². The number of ether oxygens (including phenoxy) is 3. The van der Waals surface area contributed by atoms with Crippen LogP contribution in [0.1, 0.15) is 5.56 Å². The Hall–Kier alpha value is -2.42. The quantitative estimate of drug-likeness (QED) is 0.664. The number of morpholine rings is 1. The molecule has 2 aliphatic rings. The zero-order valence-corrected chi connectivity index (χ0v) is 16.8. The third-order valence-corrected chi connectivity index (χ3v) is 5.06. The normalized spacial score (nSPS) is 17.9. The van der Waals surface area contributed by atoms with Crippen molar-refractivity contribution in [3.05, 3.63) is 42.2 Å². The van der Waals surface area contributed by atoms with Crippen LogP contribution in [0.3, 0.4) is 0 Å². The van der Waals surface area contributed by atoms with E-state index in [1.165, 1.54) is 5.56 Å². The van der Waals surface area contributed by atoms with Gasteiger partial charge >= 0.3 is 0 Å². The molecule has 2 aromatic rings. The summed E-state index contributed by atoms with van der Waals surface area (Å²) < 4.78 is 17.2. The fourth-order valence-corrected chi connectivity index (χ4v) is 3.56. The molecule has 3 heterocycles. The number of hydrogen-bond donors (Lipinski definition) is 1. The second-order valence-corrected chi connectivity index (χ2v) is 7.15. The highest BCUT2D eigenvalue weighted by Gasteiger charge is 2.17. The Balaban J connectivity index is 1.26. The van der Waals surface area contributed by atoms with E-state index in [9.17, 15) is 0 Å². The molecule has 8 nitrogen and oxygen atoms in total. The number of rotatable bonds is 8. The molecule has 1 N–H and O–H groups in total. The van der Waals surface area contributed by atoms with E-state index in [0.29, 0.717) is 19.1 Å². The lowest BCUT2D eigenvalue weighted by Crippen LogP contribution is -2.44. The highest BCUT2D eigenvalue weighted by atomic mass is 16.5. The van der Waals surface area contributed by atoms with E-state index in [1.807, 2.05) is 12.1 Å². The van der Waals surface area contributed by atoms with Crippen LogP contribution in [0.4, 0.5) is 5.82 Å². The highest BCUT2D eigenvalue weighted by Crippen LogP contribution is 2.22. The topological polar surface area (TPSA) is 72.0 Å². The van der Waals surface area contributed by atoms with Gasteiger partial charge in [0, 0.05) is 58.2 Å². The van der Waals surface area contributed by atoms with Crippen LogP contribution in [-0.4, -0.2) is 80.6 Å². The van der Waals surface area contributed by atoms with Crippen molar-refractivity contribution in [2.45, 2.75) is 6.54 Å². The van der Waals surface area contributed by atoms with Gasteiger partial charge in [-0.2, -0.15) is 0 Å². The maximum atomic E-state index is 5.90. The number of benzene rings is 1. The lowest BCUT2D eigenvalue weighted by Gasteiger charge is -2.28. The van der Waals surface area contributed by atoms with Crippen LogP contribution in [0.2, 0.25) is 0 Å². The van der Waals surface area contributed by atoms with Gasteiger partial charge in [-0.15, -0.1) is 0 Å². The van der Waals surface area contributed by atoms with Gasteiger partial charge in [0.25, 0.3) is 5.88 Å². The van der Waals surface area contributed by atoms with E-state index < -0.39 is 0 Å². The molecule has 0 radical (unpaired) electrons. The molecule has 29 heavy (non-hydrogen) atoms. The van der Waals surface area contributed by atoms with E-state index in [2.05, 4.69) is 37.2 Å². The average molecular weight is 399 g/mol. The first-order valence-electron chi connectivity index (χ1n) is 10.3. The molecular weight excluding hydrogens is 370 g/mol. The monoisotopic (exact) mass is 399 g/mol. The van der Waals surface area contributed by atoms with Crippen molar-refractivity contribution in [2.75, 3.05) is 70.6 Å². The molecule has 0 spiro atoms. The molecule has 0 saturated carbocycles. The summed E-state index contributed by atoms with van der Waals surface area (Å²) in [7, 11) is 0. The molecule has 1 aromatic heterocycles. The van der Waals surface area contributed by atoms with E-state index in [1.54, 1.807) is 12.4 Å². The molecule has 0 unspecified atom stereocenters. The van der Waals surface area contributed by atoms with Gasteiger partial charge in [0.05, 0.1) is 13.2 Å². The zero-order valence-electron chi connectivity index (χ0n) is 16.8. The van der Waals surface area contributed by atoms with Crippen LogP contribution in [0, 0.1) is 0 Å². The number of nitrogens with zero attached hydrogens (tertiary/aromatic N) is 4. The summed E-state index contributed by atoms with van der Waals surface area (Å²) in [6.07, 6.45) is 3.37. The predicted molar refractivity (Wildman–Crippen MR) is 111 cm³/mol. The van der Waals surface area contributed by atoms with Gasteiger partial charge in [-0.1, -0.05) is 12.1 Å². The van der Waals surface area contributed by atoms with Crippen LogP contribution < -0.4 is 19.7 Å². The van der Waals surface area contributed by atoms with Gasteiger partial charge in [-0.25, -0.2) is 9.97 Å². The van der Waals surface area contributed by atoms with Gasteiger partial charge < -0.3 is 24.4 Å². The number of anilines is 1. The number of aromatic nitrogens is 2. The molecule has 0 aliphatic carbocycles. The minimum atomic E-state index is 0.422. The Kier molecular flexibility index (Phi) is 7.12. The second-order valence-electron chi connectivity index (χ2n) is 7.15. The lowest BCUT2D eigenvalue weighted by atomic mass is 10.2. The molecule has 1 aromatic carbocycles. The Morgan fingerprint density at radius 1 is 0.966 bits per heavy atom. The smallest absolute Gasteiger partial charge is 0.257 e. The summed E-state index contributed by atoms with van der Waals surface area (Å²) in [4.78, 5) is 13.4. The van der Waals surface area contributed by atoms with Crippen molar-refractivity contribution in [1.29, 1.82) is 0 Å². The SMILES string of the molecule is c1cc(CN2CCOCC2)cc(OCCOc2nccnc2N2CCNCC2)c1.